The van der Waals surface area contributed by atoms with E-state index in [1.807, 2.05) is 19.1 Å². The van der Waals surface area contributed by atoms with E-state index in [-0.39, 0.29) is 0 Å². The molecule has 2 aliphatic rings. The Morgan fingerprint density at radius 2 is 2.07 bits per heavy atom. The summed E-state index contributed by atoms with van der Waals surface area (Å²) >= 11 is 0. The molecule has 1 saturated carbocycles. The summed E-state index contributed by atoms with van der Waals surface area (Å²) in [5, 5.41) is 4.11. The second-order valence-electron chi connectivity index (χ2n) is 7.97. The van der Waals surface area contributed by atoms with Crippen LogP contribution >= 0.6 is 0 Å². The molecular weight excluding hydrogens is 356 g/mol. The van der Waals surface area contributed by atoms with Crippen LogP contribution in [0.1, 0.15) is 66.2 Å². The molecule has 4 rings (SSSR count). The van der Waals surface area contributed by atoms with E-state index in [2.05, 4.69) is 15.0 Å². The number of rotatable bonds is 8. The third kappa shape index (κ3) is 4.46. The van der Waals surface area contributed by atoms with Gasteiger partial charge in [-0.3, -0.25) is 4.79 Å². The smallest absolute Gasteiger partial charge is 0.324 e. The Morgan fingerprint density at radius 1 is 1.29 bits per heavy atom. The maximum absolute atomic E-state index is 11.3. The molecule has 0 atom stereocenters. The highest BCUT2D eigenvalue weighted by Gasteiger charge is 2.30. The molecule has 2 fully saturated rings. The first-order valence-electron chi connectivity index (χ1n) is 10.2. The number of primary amides is 1. The summed E-state index contributed by atoms with van der Waals surface area (Å²) in [4.78, 5) is 18.1. The molecule has 1 saturated heterocycles. The van der Waals surface area contributed by atoms with E-state index in [1.54, 1.807) is 6.07 Å². The number of ether oxygens (including phenoxy) is 1. The summed E-state index contributed by atoms with van der Waals surface area (Å²) in [6.07, 6.45) is 6.86. The van der Waals surface area contributed by atoms with Crippen molar-refractivity contribution in [3.63, 3.8) is 0 Å². The number of benzene rings is 1. The second-order valence-corrected chi connectivity index (χ2v) is 7.97. The minimum Gasteiger partial charge on any atom is -0.494 e. The number of carbonyl (C=O) groups is 1. The second kappa shape index (κ2) is 8.20. The van der Waals surface area contributed by atoms with E-state index in [4.69, 9.17) is 15.0 Å². The van der Waals surface area contributed by atoms with Crippen LogP contribution in [0.25, 0.3) is 0 Å². The summed E-state index contributed by atoms with van der Waals surface area (Å²) < 4.78 is 11.3. The van der Waals surface area contributed by atoms with E-state index in [9.17, 15) is 4.79 Å². The van der Waals surface area contributed by atoms with Gasteiger partial charge in [0, 0.05) is 24.6 Å². The first-order chi connectivity index (χ1) is 13.6. The van der Waals surface area contributed by atoms with Gasteiger partial charge in [0.15, 0.2) is 5.82 Å². The number of hydrogen-bond acceptors (Lipinski definition) is 6. The standard InChI is InChI=1S/C21H28N4O3/c1-14-13-17(6-7-18(14)19(22)26)27-12-2-3-15-8-10-25(11-9-15)21-23-20(24-28-21)16-4-5-16/h6-7,13,15-16H,2-5,8-12H2,1H3,(H2,22,26). The number of nitrogens with zero attached hydrogens (tertiary/aromatic N) is 3. The minimum atomic E-state index is -0.403. The Bertz CT molecular complexity index is 823. The molecular formula is C21H28N4O3. The summed E-state index contributed by atoms with van der Waals surface area (Å²) in [6.45, 7) is 4.51. The van der Waals surface area contributed by atoms with Crippen LogP contribution in [-0.2, 0) is 0 Å². The van der Waals surface area contributed by atoms with Crippen molar-refractivity contribution in [3.05, 3.63) is 35.2 Å². The van der Waals surface area contributed by atoms with Gasteiger partial charge in [-0.25, -0.2) is 0 Å². The van der Waals surface area contributed by atoms with Crippen LogP contribution in [0.3, 0.4) is 0 Å². The van der Waals surface area contributed by atoms with Gasteiger partial charge in [-0.15, -0.1) is 0 Å². The van der Waals surface area contributed by atoms with Crippen LogP contribution in [0.15, 0.2) is 22.7 Å². The van der Waals surface area contributed by atoms with Crippen molar-refractivity contribution in [2.75, 3.05) is 24.6 Å². The fourth-order valence-corrected chi connectivity index (χ4v) is 3.84. The average molecular weight is 384 g/mol. The van der Waals surface area contributed by atoms with Crippen LogP contribution in [0, 0.1) is 12.8 Å². The fourth-order valence-electron chi connectivity index (χ4n) is 3.84. The van der Waals surface area contributed by atoms with E-state index in [0.29, 0.717) is 30.0 Å². The number of aromatic nitrogens is 2. The van der Waals surface area contributed by atoms with Crippen molar-refractivity contribution in [2.24, 2.45) is 11.7 Å². The van der Waals surface area contributed by atoms with Gasteiger partial charge in [0.25, 0.3) is 0 Å². The SMILES string of the molecule is Cc1cc(OCCCC2CCN(c3nc(C4CC4)no3)CC2)ccc1C(N)=O. The van der Waals surface area contributed by atoms with Crippen molar-refractivity contribution >= 4 is 11.9 Å². The molecule has 2 N–H and O–H groups in total. The maximum atomic E-state index is 11.3. The van der Waals surface area contributed by atoms with Crippen LogP contribution in [0.4, 0.5) is 6.01 Å². The van der Waals surface area contributed by atoms with Crippen molar-refractivity contribution < 1.29 is 14.1 Å². The zero-order chi connectivity index (χ0) is 19.5. The third-order valence-corrected chi connectivity index (χ3v) is 5.75. The van der Waals surface area contributed by atoms with Gasteiger partial charge in [0.05, 0.1) is 6.61 Å². The molecule has 0 radical (unpaired) electrons. The molecule has 1 aliphatic carbocycles. The van der Waals surface area contributed by atoms with E-state index in [0.717, 1.165) is 55.9 Å². The lowest BCUT2D eigenvalue weighted by Crippen LogP contribution is -2.34. The van der Waals surface area contributed by atoms with Crippen molar-refractivity contribution in [2.45, 2.75) is 51.4 Å². The van der Waals surface area contributed by atoms with Gasteiger partial charge in [0.2, 0.25) is 5.91 Å². The third-order valence-electron chi connectivity index (χ3n) is 5.75. The van der Waals surface area contributed by atoms with Crippen molar-refractivity contribution in [1.82, 2.24) is 10.1 Å². The minimum absolute atomic E-state index is 0.403. The molecule has 2 heterocycles. The molecule has 1 aliphatic heterocycles. The van der Waals surface area contributed by atoms with E-state index >= 15 is 0 Å². The highest BCUT2D eigenvalue weighted by molar-refractivity contribution is 5.94. The Kier molecular flexibility index (Phi) is 5.50. The average Bonchev–Trinajstić information content (AvgIpc) is 3.42. The molecule has 2 aromatic rings. The molecule has 1 amide bonds. The molecule has 28 heavy (non-hydrogen) atoms. The van der Waals surface area contributed by atoms with Gasteiger partial charge in [0.1, 0.15) is 5.75 Å². The normalized spacial score (nSPS) is 17.7. The van der Waals surface area contributed by atoms with Crippen molar-refractivity contribution in [3.8, 4) is 5.75 Å². The van der Waals surface area contributed by atoms with Gasteiger partial charge >= 0.3 is 6.01 Å². The largest absolute Gasteiger partial charge is 0.494 e. The number of anilines is 1. The molecule has 1 aromatic carbocycles. The lowest BCUT2D eigenvalue weighted by molar-refractivity contribution is 0.0999. The molecule has 0 spiro atoms. The van der Waals surface area contributed by atoms with E-state index < -0.39 is 5.91 Å². The number of amides is 1. The van der Waals surface area contributed by atoms with Crippen LogP contribution in [0.2, 0.25) is 0 Å². The van der Waals surface area contributed by atoms with Crippen LogP contribution < -0.4 is 15.4 Å². The number of carbonyl (C=O) groups excluding carboxylic acids is 1. The number of piperidine rings is 1. The van der Waals surface area contributed by atoms with E-state index in [1.165, 1.54) is 12.8 Å². The molecule has 7 heteroatoms. The quantitative estimate of drug-likeness (QED) is 0.701. The Hall–Kier alpha value is -2.57. The topological polar surface area (TPSA) is 94.5 Å². The highest BCUT2D eigenvalue weighted by atomic mass is 16.5. The van der Waals surface area contributed by atoms with Gasteiger partial charge in [-0.1, -0.05) is 5.16 Å². The van der Waals surface area contributed by atoms with Crippen LogP contribution in [0.5, 0.6) is 5.75 Å². The Labute approximate surface area is 165 Å². The maximum Gasteiger partial charge on any atom is 0.324 e. The highest BCUT2D eigenvalue weighted by Crippen LogP contribution is 2.39. The number of aryl methyl sites for hydroxylation is 1. The van der Waals surface area contributed by atoms with Gasteiger partial charge in [-0.2, -0.15) is 4.98 Å². The van der Waals surface area contributed by atoms with Gasteiger partial charge in [-0.05, 0) is 75.1 Å². The monoisotopic (exact) mass is 384 g/mol. The first kappa shape index (κ1) is 18.8. The number of nitrogens with two attached hydrogens (primary N) is 1. The Morgan fingerprint density at radius 3 is 2.75 bits per heavy atom. The molecule has 0 unspecified atom stereocenters. The zero-order valence-corrected chi connectivity index (χ0v) is 16.4. The molecule has 7 nitrogen and oxygen atoms in total. The van der Waals surface area contributed by atoms with Gasteiger partial charge < -0.3 is 19.9 Å². The molecule has 150 valence electrons. The summed E-state index contributed by atoms with van der Waals surface area (Å²) in [7, 11) is 0. The summed E-state index contributed by atoms with van der Waals surface area (Å²) in [5.41, 5.74) is 6.73. The number of hydrogen-bond donors (Lipinski definition) is 1. The molecule has 0 bridgehead atoms. The lowest BCUT2D eigenvalue weighted by Gasteiger charge is -2.30. The molecule has 1 aromatic heterocycles. The Balaban J connectivity index is 1.16. The predicted octanol–water partition coefficient (Wildman–Crippen LogP) is 3.43. The van der Waals surface area contributed by atoms with Crippen molar-refractivity contribution in [1.29, 1.82) is 0 Å². The summed E-state index contributed by atoms with van der Waals surface area (Å²) in [5.74, 6) is 2.52. The zero-order valence-electron chi connectivity index (χ0n) is 16.4. The summed E-state index contributed by atoms with van der Waals surface area (Å²) in [6, 6.07) is 6.11. The lowest BCUT2D eigenvalue weighted by atomic mass is 9.92. The predicted molar refractivity (Wildman–Crippen MR) is 106 cm³/mol. The van der Waals surface area contributed by atoms with Crippen LogP contribution in [-0.4, -0.2) is 35.7 Å². The fraction of sp³-hybridized carbons (Fsp3) is 0.571. The first-order valence-corrected chi connectivity index (χ1v) is 10.2.